The van der Waals surface area contributed by atoms with Gasteiger partial charge in [0.2, 0.25) is 0 Å². The minimum Gasteiger partial charge on any atom is -0.338 e. The summed E-state index contributed by atoms with van der Waals surface area (Å²) in [6.07, 6.45) is 5.48. The van der Waals surface area contributed by atoms with Crippen LogP contribution in [0.1, 0.15) is 12.8 Å². The Bertz CT molecular complexity index is 306. The summed E-state index contributed by atoms with van der Waals surface area (Å²) in [7, 11) is 0. The lowest BCUT2D eigenvalue weighted by Gasteiger charge is -2.30. The third-order valence-electron chi connectivity index (χ3n) is 2.46. The standard InChI is InChI=1S/C9H15N5O/c15-9(13-5-2-6-13)10-3-1-7-14-8-4-11-12-14/h4,8H,1-3,5-7H2,(H,10,15). The lowest BCUT2D eigenvalue weighted by molar-refractivity contribution is 0.167. The van der Waals surface area contributed by atoms with Gasteiger partial charge in [-0.3, -0.25) is 4.68 Å². The SMILES string of the molecule is O=C(NCCCn1ccnn1)N1CCC1. The fourth-order valence-corrected chi connectivity index (χ4v) is 1.42. The Morgan fingerprint density at radius 2 is 2.33 bits per heavy atom. The zero-order chi connectivity index (χ0) is 10.5. The van der Waals surface area contributed by atoms with Crippen LogP contribution in [-0.4, -0.2) is 45.6 Å². The molecule has 0 radical (unpaired) electrons. The molecule has 0 unspecified atom stereocenters. The maximum Gasteiger partial charge on any atom is 0.317 e. The second-order valence-electron chi connectivity index (χ2n) is 3.59. The molecule has 0 bridgehead atoms. The molecule has 0 spiro atoms. The zero-order valence-electron chi connectivity index (χ0n) is 8.59. The first-order valence-corrected chi connectivity index (χ1v) is 5.23. The van der Waals surface area contributed by atoms with Crippen LogP contribution in [0.2, 0.25) is 0 Å². The maximum atomic E-state index is 11.4. The van der Waals surface area contributed by atoms with Crippen molar-refractivity contribution in [1.82, 2.24) is 25.2 Å². The van der Waals surface area contributed by atoms with E-state index in [1.807, 2.05) is 11.1 Å². The molecule has 1 aromatic rings. The number of urea groups is 1. The average molecular weight is 209 g/mol. The third-order valence-corrected chi connectivity index (χ3v) is 2.46. The Balaban J connectivity index is 1.56. The molecule has 1 saturated heterocycles. The van der Waals surface area contributed by atoms with Gasteiger partial charge in [0.25, 0.3) is 0 Å². The summed E-state index contributed by atoms with van der Waals surface area (Å²) in [5, 5.41) is 10.4. The molecule has 6 heteroatoms. The Labute approximate surface area is 88.2 Å². The van der Waals surface area contributed by atoms with Crippen LogP contribution < -0.4 is 5.32 Å². The highest BCUT2D eigenvalue weighted by Crippen LogP contribution is 2.04. The van der Waals surface area contributed by atoms with Crippen LogP contribution >= 0.6 is 0 Å². The summed E-state index contributed by atoms with van der Waals surface area (Å²) in [5.41, 5.74) is 0. The second-order valence-corrected chi connectivity index (χ2v) is 3.59. The highest BCUT2D eigenvalue weighted by molar-refractivity contribution is 5.74. The minimum absolute atomic E-state index is 0.0554. The average Bonchev–Trinajstić information content (AvgIpc) is 2.62. The molecule has 1 aromatic heterocycles. The molecule has 2 amide bonds. The van der Waals surface area contributed by atoms with Crippen LogP contribution in [0.5, 0.6) is 0 Å². The van der Waals surface area contributed by atoms with Crippen LogP contribution in [0, 0.1) is 0 Å². The zero-order valence-corrected chi connectivity index (χ0v) is 8.59. The lowest BCUT2D eigenvalue weighted by Crippen LogP contribution is -2.48. The number of likely N-dealkylation sites (tertiary alicyclic amines) is 1. The number of rotatable bonds is 4. The van der Waals surface area contributed by atoms with Crippen molar-refractivity contribution in [2.75, 3.05) is 19.6 Å². The van der Waals surface area contributed by atoms with Gasteiger partial charge in [0.15, 0.2) is 0 Å². The van der Waals surface area contributed by atoms with Crippen LogP contribution in [0.3, 0.4) is 0 Å². The van der Waals surface area contributed by atoms with Gasteiger partial charge in [-0.1, -0.05) is 5.21 Å². The van der Waals surface area contributed by atoms with Gasteiger partial charge in [0, 0.05) is 32.4 Å². The molecule has 0 aliphatic carbocycles. The number of nitrogens with zero attached hydrogens (tertiary/aromatic N) is 4. The summed E-state index contributed by atoms with van der Waals surface area (Å²) in [4.78, 5) is 13.2. The van der Waals surface area contributed by atoms with Crippen LogP contribution in [0.15, 0.2) is 12.4 Å². The molecule has 1 aliphatic heterocycles. The molecular weight excluding hydrogens is 194 g/mol. The van der Waals surface area contributed by atoms with Crippen molar-refractivity contribution < 1.29 is 4.79 Å². The van der Waals surface area contributed by atoms with E-state index in [1.54, 1.807) is 10.9 Å². The van der Waals surface area contributed by atoms with E-state index in [1.165, 1.54) is 0 Å². The summed E-state index contributed by atoms with van der Waals surface area (Å²) in [6, 6.07) is 0.0554. The fourth-order valence-electron chi connectivity index (χ4n) is 1.42. The number of hydrogen-bond donors (Lipinski definition) is 1. The molecule has 2 heterocycles. The summed E-state index contributed by atoms with van der Waals surface area (Å²) >= 11 is 0. The van der Waals surface area contributed by atoms with Gasteiger partial charge in [-0.15, -0.1) is 5.10 Å². The van der Waals surface area contributed by atoms with Crippen LogP contribution in [-0.2, 0) is 6.54 Å². The van der Waals surface area contributed by atoms with Crippen molar-refractivity contribution >= 4 is 6.03 Å². The monoisotopic (exact) mass is 209 g/mol. The third kappa shape index (κ3) is 2.68. The second kappa shape index (κ2) is 4.77. The highest BCUT2D eigenvalue weighted by atomic mass is 16.2. The quantitative estimate of drug-likeness (QED) is 0.714. The highest BCUT2D eigenvalue weighted by Gasteiger charge is 2.18. The first-order valence-electron chi connectivity index (χ1n) is 5.23. The Kier molecular flexibility index (Phi) is 3.16. The topological polar surface area (TPSA) is 63.1 Å². The molecule has 0 aromatic carbocycles. The van der Waals surface area contributed by atoms with Gasteiger partial charge in [-0.05, 0) is 12.8 Å². The molecule has 1 N–H and O–H groups in total. The number of carbonyl (C=O) groups is 1. The lowest BCUT2D eigenvalue weighted by atomic mass is 10.2. The Morgan fingerprint density at radius 3 is 2.93 bits per heavy atom. The molecule has 1 aliphatic rings. The van der Waals surface area contributed by atoms with E-state index < -0.39 is 0 Å². The van der Waals surface area contributed by atoms with E-state index in [-0.39, 0.29) is 6.03 Å². The number of hydrogen-bond acceptors (Lipinski definition) is 3. The van der Waals surface area contributed by atoms with E-state index in [9.17, 15) is 4.79 Å². The first-order chi connectivity index (χ1) is 7.36. The van der Waals surface area contributed by atoms with Crippen molar-refractivity contribution in [3.63, 3.8) is 0 Å². The molecule has 6 nitrogen and oxygen atoms in total. The Morgan fingerprint density at radius 1 is 1.47 bits per heavy atom. The summed E-state index contributed by atoms with van der Waals surface area (Å²) in [5.74, 6) is 0. The van der Waals surface area contributed by atoms with Crippen molar-refractivity contribution in [2.45, 2.75) is 19.4 Å². The van der Waals surface area contributed by atoms with E-state index in [4.69, 9.17) is 0 Å². The normalized spacial score (nSPS) is 14.8. The number of aromatic nitrogens is 3. The summed E-state index contributed by atoms with van der Waals surface area (Å²) < 4.78 is 1.76. The van der Waals surface area contributed by atoms with Gasteiger partial charge in [-0.2, -0.15) is 0 Å². The number of amides is 2. The summed E-state index contributed by atoms with van der Waals surface area (Å²) in [6.45, 7) is 3.28. The largest absolute Gasteiger partial charge is 0.338 e. The molecule has 15 heavy (non-hydrogen) atoms. The van der Waals surface area contributed by atoms with Crippen LogP contribution in [0.25, 0.3) is 0 Å². The van der Waals surface area contributed by atoms with E-state index in [2.05, 4.69) is 15.6 Å². The van der Waals surface area contributed by atoms with Gasteiger partial charge in [0.1, 0.15) is 0 Å². The molecule has 0 saturated carbocycles. The number of nitrogens with one attached hydrogen (secondary N) is 1. The first kappa shape index (κ1) is 9.95. The minimum atomic E-state index is 0.0554. The maximum absolute atomic E-state index is 11.4. The smallest absolute Gasteiger partial charge is 0.317 e. The van der Waals surface area contributed by atoms with Crippen molar-refractivity contribution in [3.8, 4) is 0 Å². The van der Waals surface area contributed by atoms with Gasteiger partial charge < -0.3 is 10.2 Å². The van der Waals surface area contributed by atoms with Crippen molar-refractivity contribution in [1.29, 1.82) is 0 Å². The van der Waals surface area contributed by atoms with Crippen LogP contribution in [0.4, 0.5) is 4.79 Å². The number of aryl methyl sites for hydroxylation is 1. The predicted molar refractivity (Wildman–Crippen MR) is 54.2 cm³/mol. The molecule has 0 atom stereocenters. The Hall–Kier alpha value is -1.59. The van der Waals surface area contributed by atoms with Crippen molar-refractivity contribution in [3.05, 3.63) is 12.4 Å². The fraction of sp³-hybridized carbons (Fsp3) is 0.667. The van der Waals surface area contributed by atoms with E-state index >= 15 is 0 Å². The predicted octanol–water partition coefficient (Wildman–Crippen LogP) is 0.0835. The molecule has 1 fully saturated rings. The molecule has 82 valence electrons. The van der Waals surface area contributed by atoms with Gasteiger partial charge >= 0.3 is 6.03 Å². The molecule has 2 rings (SSSR count). The van der Waals surface area contributed by atoms with E-state index in [0.29, 0.717) is 6.54 Å². The van der Waals surface area contributed by atoms with E-state index in [0.717, 1.165) is 32.5 Å². The van der Waals surface area contributed by atoms with Gasteiger partial charge in [0.05, 0.1) is 6.20 Å². The molecular formula is C9H15N5O. The number of carbonyl (C=O) groups excluding carboxylic acids is 1. The van der Waals surface area contributed by atoms with Gasteiger partial charge in [-0.25, -0.2) is 4.79 Å². The van der Waals surface area contributed by atoms with Crippen molar-refractivity contribution in [2.24, 2.45) is 0 Å².